The highest BCUT2D eigenvalue weighted by molar-refractivity contribution is 7.22. The van der Waals surface area contributed by atoms with Gasteiger partial charge in [-0.1, -0.05) is 35.1 Å². The number of thiazole rings is 1. The maximum absolute atomic E-state index is 14.1. The number of fused-ring (bicyclic) bond motifs is 1. The van der Waals surface area contributed by atoms with Gasteiger partial charge in [-0.2, -0.15) is 0 Å². The molecule has 160 valence electrons. The topological polar surface area (TPSA) is 45.7 Å². The zero-order valence-electron chi connectivity index (χ0n) is 16.2. The molecule has 0 atom stereocenters. The van der Waals surface area contributed by atoms with Crippen molar-refractivity contribution in [1.29, 1.82) is 0 Å². The highest BCUT2D eigenvalue weighted by Crippen LogP contribution is 2.31. The molecule has 1 aromatic heterocycles. The van der Waals surface area contributed by atoms with Gasteiger partial charge in [0.2, 0.25) is 0 Å². The van der Waals surface area contributed by atoms with E-state index < -0.39 is 0 Å². The summed E-state index contributed by atoms with van der Waals surface area (Å²) >= 11 is 7.40. The second-order valence-corrected chi connectivity index (χ2v) is 8.30. The number of halogens is 3. The molecule has 0 spiro atoms. The molecule has 3 aromatic rings. The Morgan fingerprint density at radius 1 is 1.23 bits per heavy atom. The van der Waals surface area contributed by atoms with E-state index in [1.807, 2.05) is 6.07 Å². The Kier molecular flexibility index (Phi) is 8.02. The summed E-state index contributed by atoms with van der Waals surface area (Å²) in [5.41, 5.74) is 0.785. The molecule has 5 nitrogen and oxygen atoms in total. The first-order valence-corrected chi connectivity index (χ1v) is 10.7. The van der Waals surface area contributed by atoms with Crippen LogP contribution in [0.4, 0.5) is 9.52 Å². The molecule has 30 heavy (non-hydrogen) atoms. The first-order valence-electron chi connectivity index (χ1n) is 9.54. The van der Waals surface area contributed by atoms with Gasteiger partial charge in [-0.15, -0.1) is 12.4 Å². The number of carbonyl (C=O) groups excluding carboxylic acids is 1. The van der Waals surface area contributed by atoms with Crippen LogP contribution in [0.1, 0.15) is 16.8 Å². The molecule has 1 saturated heterocycles. The number of anilines is 1. The Morgan fingerprint density at radius 3 is 2.73 bits per heavy atom. The molecule has 1 amide bonds. The molecule has 0 aliphatic carbocycles. The number of rotatable bonds is 6. The minimum absolute atomic E-state index is 0. The molecule has 0 N–H and O–H groups in total. The van der Waals surface area contributed by atoms with Crippen molar-refractivity contribution in [3.05, 3.63) is 58.9 Å². The molecule has 0 radical (unpaired) electrons. The molecule has 0 saturated carbocycles. The number of aromatic nitrogens is 1. The Balaban J connectivity index is 0.00000256. The maximum atomic E-state index is 14.1. The summed E-state index contributed by atoms with van der Waals surface area (Å²) < 4.78 is 20.2. The minimum Gasteiger partial charge on any atom is -0.379 e. The number of carbonyl (C=O) groups is 1. The van der Waals surface area contributed by atoms with E-state index in [0.717, 1.165) is 44.0 Å². The van der Waals surface area contributed by atoms with Crippen LogP contribution in [0.15, 0.2) is 42.5 Å². The van der Waals surface area contributed by atoms with Gasteiger partial charge < -0.3 is 4.74 Å². The smallest absolute Gasteiger partial charge is 0.260 e. The van der Waals surface area contributed by atoms with Crippen LogP contribution in [0.3, 0.4) is 0 Å². The summed E-state index contributed by atoms with van der Waals surface area (Å²) in [5, 5.41) is 0.997. The number of nitrogens with zero attached hydrogens (tertiary/aromatic N) is 3. The fourth-order valence-electron chi connectivity index (χ4n) is 3.36. The fraction of sp³-hybridized carbons (Fsp3) is 0.333. The van der Waals surface area contributed by atoms with Crippen molar-refractivity contribution < 1.29 is 13.9 Å². The predicted molar refractivity (Wildman–Crippen MR) is 122 cm³/mol. The number of benzene rings is 2. The van der Waals surface area contributed by atoms with Crippen molar-refractivity contribution in [2.75, 3.05) is 44.3 Å². The summed E-state index contributed by atoms with van der Waals surface area (Å²) in [5.74, 6) is -0.567. The van der Waals surface area contributed by atoms with E-state index in [-0.39, 0.29) is 24.1 Å². The number of hydrogen-bond donors (Lipinski definition) is 0. The lowest BCUT2D eigenvalue weighted by atomic mass is 10.2. The van der Waals surface area contributed by atoms with Crippen LogP contribution >= 0.6 is 35.3 Å². The van der Waals surface area contributed by atoms with E-state index in [2.05, 4.69) is 9.88 Å². The standard InChI is InChI=1S/C21H21ClFN3O2S.ClH/c22-16-5-1-4-15(14-16)20(27)26(9-3-8-25-10-12-28-13-11-25)21-24-19-17(23)6-2-7-18(19)29-21;/h1-2,4-7,14H,3,8-13H2;1H. The summed E-state index contributed by atoms with van der Waals surface area (Å²) in [7, 11) is 0. The van der Waals surface area contributed by atoms with Gasteiger partial charge in [-0.05, 0) is 36.8 Å². The molecule has 1 aliphatic rings. The average molecular weight is 470 g/mol. The molecule has 9 heteroatoms. The summed E-state index contributed by atoms with van der Waals surface area (Å²) in [6.07, 6.45) is 0.782. The summed E-state index contributed by atoms with van der Waals surface area (Å²) in [6.45, 7) is 4.62. The monoisotopic (exact) mass is 469 g/mol. The van der Waals surface area contributed by atoms with Gasteiger partial charge in [-0.3, -0.25) is 14.6 Å². The van der Waals surface area contributed by atoms with E-state index in [9.17, 15) is 9.18 Å². The molecule has 4 rings (SSSR count). The first kappa shape index (κ1) is 22.9. The Hall–Kier alpha value is -1.77. The van der Waals surface area contributed by atoms with Crippen molar-refractivity contribution in [1.82, 2.24) is 9.88 Å². The zero-order valence-corrected chi connectivity index (χ0v) is 18.6. The van der Waals surface area contributed by atoms with E-state index in [1.165, 1.54) is 17.4 Å². The molecule has 0 unspecified atom stereocenters. The first-order chi connectivity index (χ1) is 14.1. The van der Waals surface area contributed by atoms with Crippen LogP contribution in [0.2, 0.25) is 5.02 Å². The van der Waals surface area contributed by atoms with Crippen LogP contribution in [-0.2, 0) is 4.74 Å². The number of morpholine rings is 1. The summed E-state index contributed by atoms with van der Waals surface area (Å²) in [6, 6.07) is 11.7. The van der Waals surface area contributed by atoms with Crippen LogP contribution in [0.5, 0.6) is 0 Å². The SMILES string of the molecule is Cl.O=C(c1cccc(Cl)c1)N(CCCN1CCOCC1)c1nc2c(F)cccc2s1. The van der Waals surface area contributed by atoms with Crippen molar-refractivity contribution in [3.8, 4) is 0 Å². The third-order valence-corrected chi connectivity index (χ3v) is 6.14. The lowest BCUT2D eigenvalue weighted by Gasteiger charge is -2.27. The normalized spacial score (nSPS) is 14.5. The van der Waals surface area contributed by atoms with E-state index in [4.69, 9.17) is 16.3 Å². The Labute approximate surface area is 189 Å². The third-order valence-electron chi connectivity index (χ3n) is 4.87. The largest absolute Gasteiger partial charge is 0.379 e. The molecular formula is C21H22Cl2FN3O2S. The zero-order chi connectivity index (χ0) is 20.2. The average Bonchev–Trinajstić information content (AvgIpc) is 3.17. The van der Waals surface area contributed by atoms with Gasteiger partial charge in [0.1, 0.15) is 11.3 Å². The second-order valence-electron chi connectivity index (χ2n) is 6.86. The highest BCUT2D eigenvalue weighted by atomic mass is 35.5. The van der Waals surface area contributed by atoms with Crippen LogP contribution < -0.4 is 4.90 Å². The van der Waals surface area contributed by atoms with E-state index >= 15 is 0 Å². The Bertz CT molecular complexity index is 1010. The van der Waals surface area contributed by atoms with Gasteiger partial charge in [0.05, 0.1) is 17.9 Å². The van der Waals surface area contributed by atoms with Gasteiger partial charge in [0.25, 0.3) is 5.91 Å². The van der Waals surface area contributed by atoms with Gasteiger partial charge >= 0.3 is 0 Å². The van der Waals surface area contributed by atoms with E-state index in [1.54, 1.807) is 35.2 Å². The molecule has 2 aromatic carbocycles. The fourth-order valence-corrected chi connectivity index (χ4v) is 4.55. The third kappa shape index (κ3) is 5.28. The van der Waals surface area contributed by atoms with E-state index in [0.29, 0.717) is 27.8 Å². The summed E-state index contributed by atoms with van der Waals surface area (Å²) in [4.78, 5) is 21.6. The molecule has 0 bridgehead atoms. The van der Waals surface area contributed by atoms with Crippen molar-refractivity contribution in [2.24, 2.45) is 0 Å². The van der Waals surface area contributed by atoms with Crippen molar-refractivity contribution in [2.45, 2.75) is 6.42 Å². The second kappa shape index (κ2) is 10.5. The van der Waals surface area contributed by atoms with Crippen LogP contribution in [-0.4, -0.2) is 55.2 Å². The minimum atomic E-state index is -0.381. The number of amides is 1. The number of para-hydroxylation sites is 1. The van der Waals surface area contributed by atoms with Gasteiger partial charge in [0.15, 0.2) is 5.13 Å². The maximum Gasteiger partial charge on any atom is 0.260 e. The lowest BCUT2D eigenvalue weighted by Crippen LogP contribution is -2.39. The van der Waals surface area contributed by atoms with Crippen LogP contribution in [0.25, 0.3) is 10.2 Å². The molecule has 1 fully saturated rings. The Morgan fingerprint density at radius 2 is 2.00 bits per heavy atom. The number of hydrogen-bond acceptors (Lipinski definition) is 5. The van der Waals surface area contributed by atoms with Crippen molar-refractivity contribution >= 4 is 56.6 Å². The number of ether oxygens (including phenoxy) is 1. The molecule has 2 heterocycles. The quantitative estimate of drug-likeness (QED) is 0.515. The highest BCUT2D eigenvalue weighted by Gasteiger charge is 2.22. The van der Waals surface area contributed by atoms with Gasteiger partial charge in [0, 0.05) is 36.8 Å². The lowest BCUT2D eigenvalue weighted by molar-refractivity contribution is 0.0376. The van der Waals surface area contributed by atoms with Crippen LogP contribution in [0, 0.1) is 5.82 Å². The van der Waals surface area contributed by atoms with Crippen molar-refractivity contribution in [3.63, 3.8) is 0 Å². The van der Waals surface area contributed by atoms with Gasteiger partial charge in [-0.25, -0.2) is 9.37 Å². The molecular weight excluding hydrogens is 448 g/mol. The molecule has 1 aliphatic heterocycles. The predicted octanol–water partition coefficient (Wildman–Crippen LogP) is 4.88.